The highest BCUT2D eigenvalue weighted by Gasteiger charge is 2.28. The van der Waals surface area contributed by atoms with Crippen LogP contribution in [0.5, 0.6) is 0 Å². The molecule has 1 aromatic carbocycles. The van der Waals surface area contributed by atoms with Crippen LogP contribution < -0.4 is 5.32 Å². The monoisotopic (exact) mass is 292 g/mol. The van der Waals surface area contributed by atoms with Crippen molar-refractivity contribution < 1.29 is 22.4 Å². The zero-order valence-electron chi connectivity index (χ0n) is 11.0. The second-order valence-electron chi connectivity index (χ2n) is 4.44. The van der Waals surface area contributed by atoms with Gasteiger partial charge in [-0.3, -0.25) is 9.69 Å². The van der Waals surface area contributed by atoms with E-state index in [0.29, 0.717) is 6.42 Å². The SMILES string of the molecule is CN(CCCNC(=O)c1ccccc1F)CC(F)(F)F. The molecule has 0 radical (unpaired) electrons. The van der Waals surface area contributed by atoms with Crippen LogP contribution in [-0.4, -0.2) is 43.7 Å². The van der Waals surface area contributed by atoms with E-state index in [0.717, 1.165) is 4.90 Å². The van der Waals surface area contributed by atoms with Crippen LogP contribution in [0.1, 0.15) is 16.8 Å². The van der Waals surface area contributed by atoms with Crippen LogP contribution in [0.15, 0.2) is 24.3 Å². The summed E-state index contributed by atoms with van der Waals surface area (Å²) in [5.41, 5.74) is -0.0730. The first-order valence-electron chi connectivity index (χ1n) is 6.07. The molecule has 1 rings (SSSR count). The number of nitrogens with zero attached hydrogens (tertiary/aromatic N) is 1. The van der Waals surface area contributed by atoms with E-state index >= 15 is 0 Å². The minimum atomic E-state index is -4.23. The molecule has 1 N–H and O–H groups in total. The molecule has 112 valence electrons. The molecule has 0 unspecified atom stereocenters. The molecule has 0 aromatic heterocycles. The Hall–Kier alpha value is -1.63. The third kappa shape index (κ3) is 6.01. The average Bonchev–Trinajstić information content (AvgIpc) is 2.33. The maximum absolute atomic E-state index is 13.3. The van der Waals surface area contributed by atoms with Gasteiger partial charge in [-0.2, -0.15) is 13.2 Å². The van der Waals surface area contributed by atoms with Crippen molar-refractivity contribution in [2.24, 2.45) is 0 Å². The number of hydrogen-bond donors (Lipinski definition) is 1. The summed E-state index contributed by atoms with van der Waals surface area (Å²) in [4.78, 5) is 12.7. The fourth-order valence-electron chi connectivity index (χ4n) is 1.68. The quantitative estimate of drug-likeness (QED) is 0.645. The van der Waals surface area contributed by atoms with E-state index in [4.69, 9.17) is 0 Å². The van der Waals surface area contributed by atoms with Gasteiger partial charge in [0.25, 0.3) is 5.91 Å². The van der Waals surface area contributed by atoms with E-state index in [1.165, 1.54) is 31.3 Å². The number of halogens is 4. The summed E-state index contributed by atoms with van der Waals surface area (Å²) in [6.07, 6.45) is -3.88. The van der Waals surface area contributed by atoms with Crippen molar-refractivity contribution >= 4 is 5.91 Å². The lowest BCUT2D eigenvalue weighted by Gasteiger charge is -2.18. The van der Waals surface area contributed by atoms with E-state index in [9.17, 15) is 22.4 Å². The van der Waals surface area contributed by atoms with Gasteiger partial charge in [-0.1, -0.05) is 12.1 Å². The summed E-state index contributed by atoms with van der Waals surface area (Å²) in [7, 11) is 1.35. The molecule has 20 heavy (non-hydrogen) atoms. The minimum Gasteiger partial charge on any atom is -0.352 e. The molecule has 0 saturated carbocycles. The van der Waals surface area contributed by atoms with Gasteiger partial charge in [-0.15, -0.1) is 0 Å². The topological polar surface area (TPSA) is 32.3 Å². The summed E-state index contributed by atoms with van der Waals surface area (Å²) in [5, 5.41) is 2.47. The maximum Gasteiger partial charge on any atom is 0.401 e. The molecule has 0 aliphatic rings. The highest BCUT2D eigenvalue weighted by molar-refractivity contribution is 5.94. The Bertz CT molecular complexity index is 448. The number of benzene rings is 1. The van der Waals surface area contributed by atoms with Crippen molar-refractivity contribution in [1.82, 2.24) is 10.2 Å². The Morgan fingerprint density at radius 2 is 1.95 bits per heavy atom. The molecular formula is C13H16F4N2O. The van der Waals surface area contributed by atoms with Gasteiger partial charge >= 0.3 is 6.18 Å². The summed E-state index contributed by atoms with van der Waals surface area (Å²) >= 11 is 0. The zero-order chi connectivity index (χ0) is 15.2. The molecule has 3 nitrogen and oxygen atoms in total. The first-order valence-corrected chi connectivity index (χ1v) is 6.07. The van der Waals surface area contributed by atoms with Crippen LogP contribution >= 0.6 is 0 Å². The minimum absolute atomic E-state index is 0.0730. The summed E-state index contributed by atoms with van der Waals surface area (Å²) in [5.74, 6) is -1.19. The Morgan fingerprint density at radius 3 is 2.55 bits per heavy atom. The standard InChI is InChI=1S/C13H16F4N2O/c1-19(9-13(15,16)17)8-4-7-18-12(20)10-5-2-3-6-11(10)14/h2-3,5-6H,4,7-9H2,1H3,(H,18,20). The van der Waals surface area contributed by atoms with E-state index in [1.54, 1.807) is 0 Å². The number of carbonyl (C=O) groups is 1. The Kier molecular flexibility index (Phi) is 5.94. The first-order chi connectivity index (χ1) is 9.29. The fraction of sp³-hybridized carbons (Fsp3) is 0.462. The van der Waals surface area contributed by atoms with Gasteiger partial charge in [0, 0.05) is 6.54 Å². The first kappa shape index (κ1) is 16.4. The number of amides is 1. The Morgan fingerprint density at radius 1 is 1.30 bits per heavy atom. The van der Waals surface area contributed by atoms with Gasteiger partial charge in [-0.25, -0.2) is 4.39 Å². The van der Waals surface area contributed by atoms with Crippen LogP contribution in [0.3, 0.4) is 0 Å². The molecule has 0 bridgehead atoms. The molecule has 0 atom stereocenters. The van der Waals surface area contributed by atoms with Gasteiger partial charge in [0.15, 0.2) is 0 Å². The van der Waals surface area contributed by atoms with Crippen LogP contribution in [0.2, 0.25) is 0 Å². The van der Waals surface area contributed by atoms with Crippen LogP contribution in [0.25, 0.3) is 0 Å². The van der Waals surface area contributed by atoms with Crippen molar-refractivity contribution in [1.29, 1.82) is 0 Å². The van der Waals surface area contributed by atoms with Gasteiger partial charge in [0.1, 0.15) is 5.82 Å². The average molecular weight is 292 g/mol. The molecule has 0 heterocycles. The van der Waals surface area contributed by atoms with Crippen molar-refractivity contribution in [2.45, 2.75) is 12.6 Å². The number of hydrogen-bond acceptors (Lipinski definition) is 2. The van der Waals surface area contributed by atoms with E-state index in [-0.39, 0.29) is 18.7 Å². The molecule has 0 fully saturated rings. The smallest absolute Gasteiger partial charge is 0.352 e. The van der Waals surface area contributed by atoms with Crippen LogP contribution in [0.4, 0.5) is 17.6 Å². The second-order valence-corrected chi connectivity index (χ2v) is 4.44. The molecular weight excluding hydrogens is 276 g/mol. The lowest BCUT2D eigenvalue weighted by atomic mass is 10.2. The van der Waals surface area contributed by atoms with Gasteiger partial charge in [0.2, 0.25) is 0 Å². The summed E-state index contributed by atoms with van der Waals surface area (Å²) < 4.78 is 49.4. The zero-order valence-corrected chi connectivity index (χ0v) is 11.0. The lowest BCUT2D eigenvalue weighted by Crippen LogP contribution is -2.34. The fourth-order valence-corrected chi connectivity index (χ4v) is 1.68. The lowest BCUT2D eigenvalue weighted by molar-refractivity contribution is -0.143. The van der Waals surface area contributed by atoms with E-state index in [2.05, 4.69) is 5.32 Å². The van der Waals surface area contributed by atoms with Crippen molar-refractivity contribution in [3.63, 3.8) is 0 Å². The summed E-state index contributed by atoms with van der Waals surface area (Å²) in [6.45, 7) is -0.610. The predicted molar refractivity (Wildman–Crippen MR) is 66.9 cm³/mol. The van der Waals surface area contributed by atoms with E-state index < -0.39 is 24.4 Å². The van der Waals surface area contributed by atoms with Crippen molar-refractivity contribution in [3.05, 3.63) is 35.6 Å². The van der Waals surface area contributed by atoms with Gasteiger partial charge < -0.3 is 5.32 Å². The van der Waals surface area contributed by atoms with Crippen LogP contribution in [0, 0.1) is 5.82 Å². The third-order valence-electron chi connectivity index (χ3n) is 2.57. The number of carbonyl (C=O) groups excluding carboxylic acids is 1. The predicted octanol–water partition coefficient (Wildman–Crippen LogP) is 2.44. The normalized spacial score (nSPS) is 11.7. The molecule has 0 aliphatic heterocycles. The van der Waals surface area contributed by atoms with Gasteiger partial charge in [-0.05, 0) is 32.1 Å². The highest BCUT2D eigenvalue weighted by atomic mass is 19.4. The molecule has 0 saturated heterocycles. The second kappa shape index (κ2) is 7.23. The van der Waals surface area contributed by atoms with Crippen molar-refractivity contribution in [2.75, 3.05) is 26.7 Å². The molecule has 0 aliphatic carbocycles. The van der Waals surface area contributed by atoms with Crippen LogP contribution in [-0.2, 0) is 0 Å². The Labute approximate surface area is 114 Å². The number of nitrogens with one attached hydrogen (secondary N) is 1. The van der Waals surface area contributed by atoms with Gasteiger partial charge in [0.05, 0.1) is 12.1 Å². The highest BCUT2D eigenvalue weighted by Crippen LogP contribution is 2.15. The molecule has 7 heteroatoms. The largest absolute Gasteiger partial charge is 0.401 e. The maximum atomic E-state index is 13.3. The number of alkyl halides is 3. The molecule has 0 spiro atoms. The van der Waals surface area contributed by atoms with E-state index in [1.807, 2.05) is 0 Å². The molecule has 1 amide bonds. The summed E-state index contributed by atoms with van der Waals surface area (Å²) in [6, 6.07) is 5.53. The third-order valence-corrected chi connectivity index (χ3v) is 2.57. The molecule has 1 aromatic rings. The Balaban J connectivity index is 2.28. The van der Waals surface area contributed by atoms with Crippen molar-refractivity contribution in [3.8, 4) is 0 Å². The number of rotatable bonds is 6.